The van der Waals surface area contributed by atoms with Gasteiger partial charge in [0.2, 0.25) is 5.91 Å². The third-order valence-corrected chi connectivity index (χ3v) is 3.13. The predicted octanol–water partition coefficient (Wildman–Crippen LogP) is 3.81. The number of nitrogens with zero attached hydrogens (tertiary/aromatic N) is 1. The fourth-order valence-corrected chi connectivity index (χ4v) is 2.16. The minimum absolute atomic E-state index is 0.0383. The first-order chi connectivity index (χ1) is 11.3. The highest BCUT2D eigenvalue weighted by Gasteiger charge is 2.17. The molecule has 0 aliphatic heterocycles. The second kappa shape index (κ2) is 7.73. The van der Waals surface area contributed by atoms with Gasteiger partial charge in [0, 0.05) is 18.2 Å². The lowest BCUT2D eigenvalue weighted by molar-refractivity contribution is -0.155. The molecule has 0 bridgehead atoms. The molecule has 0 fully saturated rings. The van der Waals surface area contributed by atoms with Crippen LogP contribution in [0.15, 0.2) is 48.7 Å². The number of carbonyl (C=O) groups is 2. The van der Waals surface area contributed by atoms with Gasteiger partial charge in [-0.2, -0.15) is 0 Å². The van der Waals surface area contributed by atoms with Gasteiger partial charge in [0.15, 0.2) is 0 Å². The Balaban J connectivity index is 1.99. The van der Waals surface area contributed by atoms with E-state index in [1.165, 1.54) is 0 Å². The average molecular weight is 326 g/mol. The smallest absolute Gasteiger partial charge is 0.306 e. The highest BCUT2D eigenvalue weighted by atomic mass is 16.6. The summed E-state index contributed by atoms with van der Waals surface area (Å²) in [6.45, 7) is 5.39. The second-order valence-corrected chi connectivity index (χ2v) is 6.40. The van der Waals surface area contributed by atoms with Crippen LogP contribution in [0.2, 0.25) is 0 Å². The number of anilines is 1. The van der Waals surface area contributed by atoms with Crippen molar-refractivity contribution in [3.8, 4) is 11.1 Å². The molecule has 126 valence electrons. The van der Waals surface area contributed by atoms with Crippen LogP contribution < -0.4 is 5.32 Å². The molecule has 2 aromatic rings. The lowest BCUT2D eigenvalue weighted by Crippen LogP contribution is -2.24. The monoisotopic (exact) mass is 326 g/mol. The number of rotatable bonds is 5. The Hall–Kier alpha value is -2.69. The van der Waals surface area contributed by atoms with Gasteiger partial charge in [-0.25, -0.2) is 4.98 Å². The van der Waals surface area contributed by atoms with Gasteiger partial charge < -0.3 is 10.1 Å². The quantitative estimate of drug-likeness (QED) is 0.848. The molecule has 0 unspecified atom stereocenters. The van der Waals surface area contributed by atoms with Crippen LogP contribution in [0.25, 0.3) is 11.1 Å². The largest absolute Gasteiger partial charge is 0.460 e. The summed E-state index contributed by atoms with van der Waals surface area (Å²) in [5, 5.41) is 2.77. The van der Waals surface area contributed by atoms with Crippen LogP contribution in [0.4, 0.5) is 5.82 Å². The van der Waals surface area contributed by atoms with Gasteiger partial charge in [-0.3, -0.25) is 9.59 Å². The van der Waals surface area contributed by atoms with Crippen molar-refractivity contribution in [3.63, 3.8) is 0 Å². The SMILES string of the molecule is CC(C)(C)OC(=O)CCC(=O)Nc1ncccc1-c1ccccc1. The lowest BCUT2D eigenvalue weighted by Gasteiger charge is -2.19. The second-order valence-electron chi connectivity index (χ2n) is 6.40. The maximum absolute atomic E-state index is 12.1. The van der Waals surface area contributed by atoms with Crippen LogP contribution >= 0.6 is 0 Å². The molecular weight excluding hydrogens is 304 g/mol. The lowest BCUT2D eigenvalue weighted by atomic mass is 10.1. The average Bonchev–Trinajstić information content (AvgIpc) is 2.53. The summed E-state index contributed by atoms with van der Waals surface area (Å²) < 4.78 is 5.20. The van der Waals surface area contributed by atoms with E-state index in [0.29, 0.717) is 5.82 Å². The minimum atomic E-state index is -0.547. The number of hydrogen-bond donors (Lipinski definition) is 1. The zero-order valence-corrected chi connectivity index (χ0v) is 14.2. The molecule has 0 saturated heterocycles. The van der Waals surface area contributed by atoms with Gasteiger partial charge >= 0.3 is 5.97 Å². The van der Waals surface area contributed by atoms with Crippen LogP contribution in [-0.4, -0.2) is 22.5 Å². The Kier molecular flexibility index (Phi) is 5.68. The zero-order valence-electron chi connectivity index (χ0n) is 14.2. The van der Waals surface area contributed by atoms with Crippen molar-refractivity contribution < 1.29 is 14.3 Å². The first-order valence-corrected chi connectivity index (χ1v) is 7.87. The van der Waals surface area contributed by atoms with Crippen LogP contribution in [-0.2, 0) is 14.3 Å². The molecule has 0 aliphatic carbocycles. The Bertz CT molecular complexity index is 706. The summed E-state index contributed by atoms with van der Waals surface area (Å²) in [5.74, 6) is -0.170. The van der Waals surface area contributed by atoms with E-state index in [2.05, 4.69) is 10.3 Å². The Morgan fingerprint density at radius 1 is 1.04 bits per heavy atom. The Labute approximate surface area is 142 Å². The summed E-state index contributed by atoms with van der Waals surface area (Å²) in [6.07, 6.45) is 1.71. The molecule has 0 radical (unpaired) electrons. The summed E-state index contributed by atoms with van der Waals surface area (Å²) in [5.41, 5.74) is 1.26. The van der Waals surface area contributed by atoms with Crippen molar-refractivity contribution in [3.05, 3.63) is 48.7 Å². The Morgan fingerprint density at radius 2 is 1.75 bits per heavy atom. The molecule has 1 amide bonds. The van der Waals surface area contributed by atoms with Gasteiger partial charge in [0.25, 0.3) is 0 Å². The van der Waals surface area contributed by atoms with E-state index in [9.17, 15) is 9.59 Å². The van der Waals surface area contributed by atoms with Crippen molar-refractivity contribution in [1.82, 2.24) is 4.98 Å². The van der Waals surface area contributed by atoms with Gasteiger partial charge in [0.05, 0.1) is 6.42 Å². The molecule has 0 saturated carbocycles. The molecular formula is C19H22N2O3. The van der Waals surface area contributed by atoms with Crippen LogP contribution in [0, 0.1) is 0 Å². The number of hydrogen-bond acceptors (Lipinski definition) is 4. The molecule has 1 N–H and O–H groups in total. The van der Waals surface area contributed by atoms with Gasteiger partial charge in [0.1, 0.15) is 11.4 Å². The molecule has 5 heteroatoms. The normalized spacial score (nSPS) is 11.0. The number of carbonyl (C=O) groups excluding carboxylic acids is 2. The maximum atomic E-state index is 12.1. The predicted molar refractivity (Wildman–Crippen MR) is 93.4 cm³/mol. The number of nitrogens with one attached hydrogen (secondary N) is 1. The third-order valence-electron chi connectivity index (χ3n) is 3.13. The summed E-state index contributed by atoms with van der Waals surface area (Å²) in [7, 11) is 0. The number of benzene rings is 1. The van der Waals surface area contributed by atoms with Crippen molar-refractivity contribution >= 4 is 17.7 Å². The molecule has 0 spiro atoms. The van der Waals surface area contributed by atoms with Gasteiger partial charge in [-0.1, -0.05) is 30.3 Å². The van der Waals surface area contributed by atoms with E-state index >= 15 is 0 Å². The minimum Gasteiger partial charge on any atom is -0.460 e. The molecule has 0 aliphatic rings. The fraction of sp³-hybridized carbons (Fsp3) is 0.316. The summed E-state index contributed by atoms with van der Waals surface area (Å²) in [4.78, 5) is 28.0. The third kappa shape index (κ3) is 5.50. The molecule has 1 aromatic carbocycles. The molecule has 1 heterocycles. The number of aromatic nitrogens is 1. The molecule has 1 aromatic heterocycles. The van der Waals surface area contributed by atoms with Crippen molar-refractivity contribution in [2.45, 2.75) is 39.2 Å². The highest BCUT2D eigenvalue weighted by Crippen LogP contribution is 2.25. The number of ether oxygens (including phenoxy) is 1. The van der Waals surface area contributed by atoms with E-state index in [0.717, 1.165) is 11.1 Å². The number of esters is 1. The van der Waals surface area contributed by atoms with Crippen molar-refractivity contribution in [1.29, 1.82) is 0 Å². The van der Waals surface area contributed by atoms with E-state index < -0.39 is 5.60 Å². The molecule has 0 atom stereocenters. The van der Waals surface area contributed by atoms with Crippen molar-refractivity contribution in [2.75, 3.05) is 5.32 Å². The van der Waals surface area contributed by atoms with E-state index in [1.807, 2.05) is 42.5 Å². The maximum Gasteiger partial charge on any atom is 0.306 e. The van der Waals surface area contributed by atoms with E-state index in [1.54, 1.807) is 27.0 Å². The summed E-state index contributed by atoms with van der Waals surface area (Å²) >= 11 is 0. The first kappa shape index (κ1) is 17.7. The number of amides is 1. The van der Waals surface area contributed by atoms with Crippen LogP contribution in [0.5, 0.6) is 0 Å². The Morgan fingerprint density at radius 3 is 2.42 bits per heavy atom. The van der Waals surface area contributed by atoms with Gasteiger partial charge in [-0.05, 0) is 38.5 Å². The fourth-order valence-electron chi connectivity index (χ4n) is 2.16. The van der Waals surface area contributed by atoms with E-state index in [-0.39, 0.29) is 24.7 Å². The highest BCUT2D eigenvalue weighted by molar-refractivity contribution is 5.95. The molecule has 2 rings (SSSR count). The van der Waals surface area contributed by atoms with Gasteiger partial charge in [-0.15, -0.1) is 0 Å². The first-order valence-electron chi connectivity index (χ1n) is 7.87. The zero-order chi connectivity index (χ0) is 17.6. The number of pyridine rings is 1. The molecule has 5 nitrogen and oxygen atoms in total. The standard InChI is InChI=1S/C19H22N2O3/c1-19(2,3)24-17(23)12-11-16(22)21-18-15(10-7-13-20-18)14-8-5-4-6-9-14/h4-10,13H,11-12H2,1-3H3,(H,20,21,22). The van der Waals surface area contributed by atoms with Crippen LogP contribution in [0.1, 0.15) is 33.6 Å². The molecule has 24 heavy (non-hydrogen) atoms. The van der Waals surface area contributed by atoms with E-state index in [4.69, 9.17) is 4.74 Å². The summed E-state index contributed by atoms with van der Waals surface area (Å²) in [6, 6.07) is 13.4. The van der Waals surface area contributed by atoms with Crippen LogP contribution in [0.3, 0.4) is 0 Å². The van der Waals surface area contributed by atoms with Crippen molar-refractivity contribution in [2.24, 2.45) is 0 Å². The topological polar surface area (TPSA) is 68.3 Å².